The summed E-state index contributed by atoms with van der Waals surface area (Å²) in [5.74, 6) is -2.28. The molecule has 0 aliphatic rings. The molecule has 3 rings (SSSR count). The molecule has 7 nitrogen and oxygen atoms in total. The predicted octanol–water partition coefficient (Wildman–Crippen LogP) is 4.18. The highest BCUT2D eigenvalue weighted by Crippen LogP contribution is 2.30. The molecule has 0 fully saturated rings. The highest BCUT2D eigenvalue weighted by molar-refractivity contribution is 5.73. The van der Waals surface area contributed by atoms with E-state index < -0.39 is 29.1 Å². The van der Waals surface area contributed by atoms with E-state index in [1.165, 1.54) is 38.4 Å². The molecule has 0 saturated carbocycles. The first-order chi connectivity index (χ1) is 14.0. The minimum Gasteiger partial charge on any atom is -0.481 e. The van der Waals surface area contributed by atoms with E-state index in [4.69, 9.17) is 9.84 Å². The maximum absolute atomic E-state index is 14.3. The van der Waals surface area contributed by atoms with Crippen molar-refractivity contribution in [2.75, 3.05) is 6.61 Å². The van der Waals surface area contributed by atoms with E-state index in [1.807, 2.05) is 0 Å². The zero-order chi connectivity index (χ0) is 22.1. The first-order valence-corrected chi connectivity index (χ1v) is 8.58. The van der Waals surface area contributed by atoms with Crippen molar-refractivity contribution in [1.29, 1.82) is 0 Å². The van der Waals surface area contributed by atoms with Gasteiger partial charge in [0.05, 0.1) is 11.6 Å². The van der Waals surface area contributed by atoms with Crippen molar-refractivity contribution in [1.82, 2.24) is 19.9 Å². The van der Waals surface area contributed by atoms with Gasteiger partial charge in [0, 0.05) is 23.5 Å². The molecule has 0 radical (unpaired) electrons. The lowest BCUT2D eigenvalue weighted by Crippen LogP contribution is -2.31. The van der Waals surface area contributed by atoms with Crippen LogP contribution in [0.5, 0.6) is 5.88 Å². The van der Waals surface area contributed by atoms with Crippen LogP contribution in [0, 0.1) is 11.2 Å². The molecule has 158 valence electrons. The average molecular weight is 424 g/mol. The Morgan fingerprint density at radius 2 is 1.80 bits per heavy atom. The summed E-state index contributed by atoms with van der Waals surface area (Å²) >= 11 is 0. The van der Waals surface area contributed by atoms with Crippen LogP contribution in [-0.4, -0.2) is 37.6 Å². The second-order valence-electron chi connectivity index (χ2n) is 7.06. The number of halogens is 4. The first-order valence-electron chi connectivity index (χ1n) is 8.58. The molecule has 11 heteroatoms. The Labute approximate surface area is 167 Å². The van der Waals surface area contributed by atoms with E-state index in [0.717, 1.165) is 6.07 Å². The number of aromatic nitrogens is 4. The first kappa shape index (κ1) is 21.2. The zero-order valence-corrected chi connectivity index (χ0v) is 15.8. The van der Waals surface area contributed by atoms with Gasteiger partial charge in [-0.2, -0.15) is 13.2 Å². The van der Waals surface area contributed by atoms with Gasteiger partial charge in [-0.3, -0.25) is 9.78 Å². The summed E-state index contributed by atoms with van der Waals surface area (Å²) < 4.78 is 57.4. The molecule has 0 aromatic carbocycles. The maximum atomic E-state index is 14.3. The molecular formula is C19H16F4N4O3. The lowest BCUT2D eigenvalue weighted by molar-refractivity contribution is -0.148. The highest BCUT2D eigenvalue weighted by atomic mass is 19.4. The number of rotatable bonds is 6. The van der Waals surface area contributed by atoms with E-state index in [-0.39, 0.29) is 24.0 Å². The molecule has 3 aromatic heterocycles. The van der Waals surface area contributed by atoms with Crippen molar-refractivity contribution in [2.45, 2.75) is 20.0 Å². The fourth-order valence-electron chi connectivity index (χ4n) is 2.30. The van der Waals surface area contributed by atoms with Gasteiger partial charge in [-0.25, -0.2) is 14.4 Å². The SMILES string of the molecule is CC(C)(COc1ncc(-c2ccc(-c3ncc(C(F)(F)F)[nH]3)nc2)cc1F)C(=O)O. The minimum atomic E-state index is -4.54. The number of aromatic amines is 1. The molecule has 0 unspecified atom stereocenters. The van der Waals surface area contributed by atoms with Gasteiger partial charge in [-0.1, -0.05) is 6.07 Å². The van der Waals surface area contributed by atoms with E-state index in [9.17, 15) is 22.4 Å². The van der Waals surface area contributed by atoms with Gasteiger partial charge in [0.2, 0.25) is 5.88 Å². The van der Waals surface area contributed by atoms with Gasteiger partial charge in [0.25, 0.3) is 0 Å². The largest absolute Gasteiger partial charge is 0.481 e. The van der Waals surface area contributed by atoms with E-state index in [1.54, 1.807) is 0 Å². The second kappa shape index (κ2) is 7.73. The van der Waals surface area contributed by atoms with Crippen LogP contribution in [0.2, 0.25) is 0 Å². The van der Waals surface area contributed by atoms with Gasteiger partial charge < -0.3 is 14.8 Å². The molecule has 30 heavy (non-hydrogen) atoms. The molecule has 0 atom stereocenters. The molecule has 0 saturated heterocycles. The van der Waals surface area contributed by atoms with E-state index in [2.05, 4.69) is 19.9 Å². The Hall–Kier alpha value is -3.50. The van der Waals surface area contributed by atoms with Crippen molar-refractivity contribution in [3.63, 3.8) is 0 Å². The Morgan fingerprint density at radius 3 is 2.33 bits per heavy atom. The smallest absolute Gasteiger partial charge is 0.432 e. The molecule has 0 spiro atoms. The number of imidazole rings is 1. The maximum Gasteiger partial charge on any atom is 0.432 e. The van der Waals surface area contributed by atoms with E-state index in [0.29, 0.717) is 17.3 Å². The van der Waals surface area contributed by atoms with Crippen LogP contribution >= 0.6 is 0 Å². The summed E-state index contributed by atoms with van der Waals surface area (Å²) in [6, 6.07) is 4.11. The Kier molecular flexibility index (Phi) is 5.47. The summed E-state index contributed by atoms with van der Waals surface area (Å²) in [4.78, 5) is 24.8. The number of aliphatic carboxylic acids is 1. The quantitative estimate of drug-likeness (QED) is 0.576. The van der Waals surface area contributed by atoms with Crippen molar-refractivity contribution in [2.24, 2.45) is 5.41 Å². The number of nitrogens with zero attached hydrogens (tertiary/aromatic N) is 3. The van der Waals surface area contributed by atoms with Crippen LogP contribution < -0.4 is 4.74 Å². The zero-order valence-electron chi connectivity index (χ0n) is 15.8. The summed E-state index contributed by atoms with van der Waals surface area (Å²) in [6.07, 6.45) is -1.21. The molecule has 0 aliphatic heterocycles. The normalized spacial score (nSPS) is 12.1. The number of carbonyl (C=O) groups is 1. The standard InChI is InChI=1S/C19H16F4N4O3/c1-18(2,17(28)29)9-30-16-12(20)5-11(7-26-16)10-3-4-13(24-6-10)15-25-8-14(27-15)19(21,22)23/h3-8H,9H2,1-2H3,(H,25,27)(H,28,29). The number of pyridine rings is 2. The molecule has 3 heterocycles. The summed E-state index contributed by atoms with van der Waals surface area (Å²) in [7, 11) is 0. The minimum absolute atomic E-state index is 0.0528. The van der Waals surface area contributed by atoms with Crippen LogP contribution in [0.1, 0.15) is 19.5 Å². The van der Waals surface area contributed by atoms with Crippen LogP contribution in [0.25, 0.3) is 22.6 Å². The second-order valence-corrected chi connectivity index (χ2v) is 7.06. The Bertz CT molecular complexity index is 1060. The van der Waals surface area contributed by atoms with Gasteiger partial charge in [-0.05, 0) is 26.0 Å². The number of H-pyrrole nitrogens is 1. The van der Waals surface area contributed by atoms with Gasteiger partial charge in [-0.15, -0.1) is 0 Å². The summed E-state index contributed by atoms with van der Waals surface area (Å²) in [5, 5.41) is 9.06. The average Bonchev–Trinajstić information content (AvgIpc) is 3.18. The topological polar surface area (TPSA) is 101 Å². The van der Waals surface area contributed by atoms with Gasteiger partial charge >= 0.3 is 12.1 Å². The number of alkyl halides is 3. The van der Waals surface area contributed by atoms with Crippen LogP contribution in [0.15, 0.2) is 36.8 Å². The van der Waals surface area contributed by atoms with Crippen molar-refractivity contribution in [3.05, 3.63) is 48.3 Å². The Balaban J connectivity index is 1.76. The molecular weight excluding hydrogens is 408 g/mol. The number of carboxylic acid groups (broad SMARTS) is 1. The van der Waals surface area contributed by atoms with Crippen molar-refractivity contribution in [3.8, 4) is 28.5 Å². The number of carboxylic acids is 1. The van der Waals surface area contributed by atoms with Crippen molar-refractivity contribution < 1.29 is 32.2 Å². The highest BCUT2D eigenvalue weighted by Gasteiger charge is 2.33. The number of ether oxygens (including phenoxy) is 1. The van der Waals surface area contributed by atoms with Gasteiger partial charge in [0.15, 0.2) is 11.6 Å². The molecule has 3 aromatic rings. The third-order valence-electron chi connectivity index (χ3n) is 4.18. The molecule has 0 amide bonds. The van der Waals surface area contributed by atoms with Crippen LogP contribution in [0.3, 0.4) is 0 Å². The fourth-order valence-corrected chi connectivity index (χ4v) is 2.30. The third-order valence-corrected chi connectivity index (χ3v) is 4.18. The number of nitrogens with one attached hydrogen (secondary N) is 1. The Morgan fingerprint density at radius 1 is 1.10 bits per heavy atom. The summed E-state index contributed by atoms with van der Waals surface area (Å²) in [5.41, 5.74) is -1.21. The van der Waals surface area contributed by atoms with E-state index >= 15 is 0 Å². The lowest BCUT2D eigenvalue weighted by atomic mass is 9.95. The van der Waals surface area contributed by atoms with Crippen molar-refractivity contribution >= 4 is 5.97 Å². The number of hydrogen-bond donors (Lipinski definition) is 2. The van der Waals surface area contributed by atoms with Crippen LogP contribution in [0.4, 0.5) is 17.6 Å². The third kappa shape index (κ3) is 4.56. The number of hydrogen-bond acceptors (Lipinski definition) is 5. The van der Waals surface area contributed by atoms with Gasteiger partial charge in [0.1, 0.15) is 18.0 Å². The van der Waals surface area contributed by atoms with Crippen LogP contribution in [-0.2, 0) is 11.0 Å². The lowest BCUT2D eigenvalue weighted by Gasteiger charge is -2.19. The summed E-state index contributed by atoms with van der Waals surface area (Å²) in [6.45, 7) is 2.60. The monoisotopic (exact) mass is 424 g/mol. The molecule has 2 N–H and O–H groups in total. The fraction of sp³-hybridized carbons (Fsp3) is 0.263. The predicted molar refractivity (Wildman–Crippen MR) is 96.9 cm³/mol. The molecule has 0 aliphatic carbocycles. The molecule has 0 bridgehead atoms.